The van der Waals surface area contributed by atoms with Gasteiger partial charge >= 0.3 is 29.6 Å². The quantitative estimate of drug-likeness (QED) is 0.698. The van der Waals surface area contributed by atoms with Crippen LogP contribution >= 0.6 is 0 Å². The Balaban J connectivity index is 0.00000144. The van der Waals surface area contributed by atoms with Crippen LogP contribution in [0, 0.1) is 0 Å². The van der Waals surface area contributed by atoms with Crippen molar-refractivity contribution in [2.45, 2.75) is 25.7 Å². The fourth-order valence-corrected chi connectivity index (χ4v) is 9.69. The molecule has 0 bridgehead atoms. The molecule has 0 fully saturated rings. The third-order valence-electron chi connectivity index (χ3n) is 5.01. The summed E-state index contributed by atoms with van der Waals surface area (Å²) >= 11 is 0. The van der Waals surface area contributed by atoms with Gasteiger partial charge in [-0.15, -0.1) is 0 Å². The Bertz CT molecular complexity index is 582. The Kier molecular flexibility index (Phi) is 4.89. The fraction of sp³-hybridized carbons (Fsp3) is 0.200. The number of rotatable bonds is 4. The van der Waals surface area contributed by atoms with Gasteiger partial charge in [0, 0.05) is 0 Å². The first-order valence-electron chi connectivity index (χ1n) is 7.87. The third-order valence-corrected chi connectivity index (χ3v) is 10.3. The van der Waals surface area contributed by atoms with Gasteiger partial charge in [-0.25, -0.2) is 0 Å². The minimum Gasteiger partial charge on any atom is -0.0808 e. The van der Waals surface area contributed by atoms with Crippen LogP contribution in [-0.2, 0) is 0 Å². The van der Waals surface area contributed by atoms with Crippen molar-refractivity contribution in [3.63, 3.8) is 0 Å². The zero-order chi connectivity index (χ0) is 14.1. The summed E-state index contributed by atoms with van der Waals surface area (Å²) in [6.45, 7) is 0. The van der Waals surface area contributed by atoms with Gasteiger partial charge in [-0.1, -0.05) is 93.7 Å². The van der Waals surface area contributed by atoms with Crippen LogP contribution < -0.4 is 29.6 Å². The normalized spacial score (nSPS) is 21.8. The molecule has 4 rings (SSSR count). The van der Waals surface area contributed by atoms with Gasteiger partial charge in [0.1, 0.15) is 0 Å². The molecule has 4 aliphatic carbocycles. The molecule has 2 heteroatoms. The Morgan fingerprint density at radius 3 is 0.955 bits per heavy atom. The first-order chi connectivity index (χ1) is 10.4. The van der Waals surface area contributed by atoms with E-state index in [1.165, 1.54) is 0 Å². The molecule has 0 spiro atoms. The molecule has 0 atom stereocenters. The molecule has 104 valence electrons. The van der Waals surface area contributed by atoms with Crippen LogP contribution in [0.1, 0.15) is 25.7 Å². The molecule has 0 aliphatic heterocycles. The largest absolute Gasteiger partial charge is 1.00 e. The molecule has 0 radical (unpaired) electrons. The van der Waals surface area contributed by atoms with Crippen LogP contribution in [0.4, 0.5) is 0 Å². The number of hydrogen-bond donors (Lipinski definition) is 0. The van der Waals surface area contributed by atoms with Crippen molar-refractivity contribution in [2.24, 2.45) is 0 Å². The Labute approximate surface area is 156 Å². The summed E-state index contributed by atoms with van der Waals surface area (Å²) in [6, 6.07) is 0. The zero-order valence-electron chi connectivity index (χ0n) is 13.3. The van der Waals surface area contributed by atoms with Crippen LogP contribution in [0.5, 0.6) is 0 Å². The molecule has 0 unspecified atom stereocenters. The van der Waals surface area contributed by atoms with Gasteiger partial charge in [0.2, 0.25) is 0 Å². The van der Waals surface area contributed by atoms with Crippen LogP contribution in [0.15, 0.2) is 93.7 Å². The molecule has 0 N–H and O–H groups in total. The van der Waals surface area contributed by atoms with E-state index in [9.17, 15) is 0 Å². The minimum atomic E-state index is -1.87. The van der Waals surface area contributed by atoms with E-state index in [2.05, 4.69) is 72.9 Å². The Morgan fingerprint density at radius 1 is 0.500 bits per heavy atom. The zero-order valence-corrected chi connectivity index (χ0v) is 16.3. The fourth-order valence-electron chi connectivity index (χ4n) is 4.14. The van der Waals surface area contributed by atoms with Crippen molar-refractivity contribution < 1.29 is 29.6 Å². The number of allylic oxidation sites excluding steroid dienone is 16. The Hall–Kier alpha value is -0.863. The van der Waals surface area contributed by atoms with Gasteiger partial charge in [0.05, 0.1) is 0 Å². The predicted molar refractivity (Wildman–Crippen MR) is 93.1 cm³/mol. The van der Waals surface area contributed by atoms with E-state index in [4.69, 9.17) is 0 Å². The monoisotopic (exact) mass is 311 g/mol. The van der Waals surface area contributed by atoms with Gasteiger partial charge < -0.3 is 0 Å². The maximum atomic E-state index is 2.41. The third kappa shape index (κ3) is 2.41. The molecule has 22 heavy (non-hydrogen) atoms. The molecule has 4 aliphatic rings. The summed E-state index contributed by atoms with van der Waals surface area (Å²) in [5.74, 6) is 0. The van der Waals surface area contributed by atoms with E-state index in [0.29, 0.717) is 0 Å². The summed E-state index contributed by atoms with van der Waals surface area (Å²) in [6.07, 6.45) is 32.5. The van der Waals surface area contributed by atoms with Crippen LogP contribution in [-0.4, -0.2) is 8.07 Å². The molecule has 0 aromatic carbocycles. The summed E-state index contributed by atoms with van der Waals surface area (Å²) in [4.78, 5) is 0. The first-order valence-corrected chi connectivity index (χ1v) is 9.87. The summed E-state index contributed by atoms with van der Waals surface area (Å²) in [7, 11) is -1.87. The Morgan fingerprint density at radius 2 is 0.773 bits per heavy atom. The molecular formula is C20H20NaSi+. The van der Waals surface area contributed by atoms with Gasteiger partial charge in [-0.3, -0.25) is 0 Å². The second kappa shape index (κ2) is 6.72. The first kappa shape index (κ1) is 16.0. The molecule has 0 aromatic heterocycles. The average Bonchev–Trinajstić information content (AvgIpc) is 3.32. The van der Waals surface area contributed by atoms with Crippen molar-refractivity contribution in [2.75, 3.05) is 0 Å². The minimum absolute atomic E-state index is 0. The van der Waals surface area contributed by atoms with Crippen molar-refractivity contribution >= 4 is 8.07 Å². The van der Waals surface area contributed by atoms with E-state index in [0.717, 1.165) is 25.7 Å². The molecule has 0 saturated carbocycles. The van der Waals surface area contributed by atoms with E-state index in [1.807, 2.05) is 0 Å². The SMILES string of the molecule is C1=CCC([Si](C2=CC=CC2)(C2=CC=CC2)C2=CC=CC2)=C1.[Na+]. The smallest absolute Gasteiger partial charge is 0.0808 e. The molecule has 0 nitrogen and oxygen atoms in total. The van der Waals surface area contributed by atoms with Crippen molar-refractivity contribution in [3.8, 4) is 0 Å². The summed E-state index contributed by atoms with van der Waals surface area (Å²) < 4.78 is 0. The molecule has 0 amide bonds. The average molecular weight is 311 g/mol. The maximum Gasteiger partial charge on any atom is 1.00 e. The summed E-state index contributed by atoms with van der Waals surface area (Å²) in [5.41, 5.74) is 0. The number of hydrogen-bond acceptors (Lipinski definition) is 0. The topological polar surface area (TPSA) is 0 Å². The molecule has 0 saturated heterocycles. The second-order valence-corrected chi connectivity index (χ2v) is 10.1. The predicted octanol–water partition coefficient (Wildman–Crippen LogP) is 2.14. The van der Waals surface area contributed by atoms with E-state index >= 15 is 0 Å². The van der Waals surface area contributed by atoms with Crippen LogP contribution in [0.25, 0.3) is 0 Å². The summed E-state index contributed by atoms with van der Waals surface area (Å²) in [5, 5.41) is 6.73. The second-order valence-electron chi connectivity index (χ2n) is 6.05. The van der Waals surface area contributed by atoms with Gasteiger partial charge in [-0.2, -0.15) is 0 Å². The van der Waals surface area contributed by atoms with Crippen molar-refractivity contribution in [1.82, 2.24) is 0 Å². The van der Waals surface area contributed by atoms with Crippen molar-refractivity contribution in [3.05, 3.63) is 93.7 Å². The van der Waals surface area contributed by atoms with Crippen molar-refractivity contribution in [1.29, 1.82) is 0 Å². The standard InChI is InChI=1S/C20H20Si.Na/c1-2-10-17(9-1)21(18-11-3-4-12-18,19-13-5-6-14-19)20-15-7-8-16-20;/h1-9,11,13,15H,10,12,14,16H2;/q;+1. The van der Waals surface area contributed by atoms with E-state index in [1.54, 1.807) is 20.8 Å². The molecular weight excluding hydrogens is 291 g/mol. The van der Waals surface area contributed by atoms with E-state index in [-0.39, 0.29) is 29.6 Å². The maximum absolute atomic E-state index is 2.41. The molecule has 0 heterocycles. The van der Waals surface area contributed by atoms with Gasteiger partial charge in [0.15, 0.2) is 8.07 Å². The van der Waals surface area contributed by atoms with Crippen LogP contribution in [0.3, 0.4) is 0 Å². The van der Waals surface area contributed by atoms with Gasteiger partial charge in [-0.05, 0) is 25.7 Å². The molecule has 0 aromatic rings. The van der Waals surface area contributed by atoms with Gasteiger partial charge in [0.25, 0.3) is 0 Å². The van der Waals surface area contributed by atoms with E-state index < -0.39 is 8.07 Å². The van der Waals surface area contributed by atoms with Crippen LogP contribution in [0.2, 0.25) is 0 Å².